The van der Waals surface area contributed by atoms with E-state index in [-0.39, 0.29) is 11.9 Å². The van der Waals surface area contributed by atoms with E-state index in [2.05, 4.69) is 26.3 Å². The normalized spacial score (nSPS) is 16.3. The molecule has 0 aromatic carbocycles. The highest BCUT2D eigenvalue weighted by atomic mass is 16.1. The van der Waals surface area contributed by atoms with Gasteiger partial charge in [0, 0.05) is 18.2 Å². The third kappa shape index (κ3) is 2.54. The zero-order valence-corrected chi connectivity index (χ0v) is 13.0. The summed E-state index contributed by atoms with van der Waals surface area (Å²) in [6.07, 6.45) is 5.68. The number of carbonyl (C=O) groups excluding carboxylic acids is 1. The van der Waals surface area contributed by atoms with Gasteiger partial charge in [0.05, 0.1) is 28.9 Å². The minimum Gasteiger partial charge on any atom is -0.348 e. The molecule has 0 aliphatic heterocycles. The van der Waals surface area contributed by atoms with Gasteiger partial charge in [-0.2, -0.15) is 5.26 Å². The molecule has 3 rings (SSSR count). The van der Waals surface area contributed by atoms with Crippen LogP contribution in [0.5, 0.6) is 0 Å². The Hall–Kier alpha value is -2.42. The lowest BCUT2D eigenvalue weighted by atomic mass is 9.87. The fourth-order valence-corrected chi connectivity index (χ4v) is 2.21. The summed E-state index contributed by atoms with van der Waals surface area (Å²) in [5, 5.41) is 12.0. The summed E-state index contributed by atoms with van der Waals surface area (Å²) < 4.78 is 0. The number of H-pyrrole nitrogens is 1. The highest BCUT2D eigenvalue weighted by Crippen LogP contribution is 2.39. The maximum Gasteiger partial charge on any atom is 0.255 e. The summed E-state index contributed by atoms with van der Waals surface area (Å²) in [5.41, 5.74) is 2.01. The first-order valence-electron chi connectivity index (χ1n) is 7.48. The van der Waals surface area contributed by atoms with Crippen LogP contribution in [0.25, 0.3) is 11.2 Å². The molecule has 0 bridgehead atoms. The van der Waals surface area contributed by atoms with Crippen LogP contribution in [0.4, 0.5) is 0 Å². The molecule has 0 unspecified atom stereocenters. The number of nitrogens with one attached hydrogen (secondary N) is 2. The number of nitrogens with zero attached hydrogens (tertiary/aromatic N) is 3. The van der Waals surface area contributed by atoms with Crippen LogP contribution >= 0.6 is 0 Å². The lowest BCUT2D eigenvalue weighted by Crippen LogP contribution is -2.42. The zero-order valence-electron chi connectivity index (χ0n) is 13.0. The van der Waals surface area contributed by atoms with E-state index in [1.165, 1.54) is 0 Å². The molecule has 6 heteroatoms. The summed E-state index contributed by atoms with van der Waals surface area (Å²) in [5.74, 6) is 0.253. The first-order valence-corrected chi connectivity index (χ1v) is 7.48. The molecule has 114 valence electrons. The highest BCUT2D eigenvalue weighted by molar-refractivity contribution is 6.04. The molecular formula is C16H19N5O. The van der Waals surface area contributed by atoms with Gasteiger partial charge in [0.2, 0.25) is 0 Å². The number of rotatable bonds is 4. The molecule has 0 radical (unpaired) electrons. The van der Waals surface area contributed by atoms with Crippen LogP contribution in [-0.4, -0.2) is 26.9 Å². The molecule has 22 heavy (non-hydrogen) atoms. The second-order valence-electron chi connectivity index (χ2n) is 6.50. The molecule has 6 nitrogen and oxygen atoms in total. The van der Waals surface area contributed by atoms with E-state index < -0.39 is 5.41 Å². The van der Waals surface area contributed by atoms with Gasteiger partial charge in [-0.1, -0.05) is 0 Å². The molecule has 0 saturated heterocycles. The molecule has 1 atom stereocenters. The van der Waals surface area contributed by atoms with E-state index in [9.17, 15) is 4.79 Å². The predicted molar refractivity (Wildman–Crippen MR) is 82.2 cm³/mol. The van der Waals surface area contributed by atoms with Crippen LogP contribution in [0.1, 0.15) is 55.6 Å². The first-order chi connectivity index (χ1) is 10.4. The Morgan fingerprint density at radius 2 is 2.27 bits per heavy atom. The lowest BCUT2D eigenvalue weighted by Gasteiger charge is -2.25. The van der Waals surface area contributed by atoms with E-state index in [1.807, 2.05) is 6.92 Å². The fourth-order valence-electron chi connectivity index (χ4n) is 2.21. The average molecular weight is 297 g/mol. The van der Waals surface area contributed by atoms with Gasteiger partial charge in [-0.25, -0.2) is 9.97 Å². The Morgan fingerprint density at radius 1 is 1.55 bits per heavy atom. The van der Waals surface area contributed by atoms with Gasteiger partial charge >= 0.3 is 0 Å². The van der Waals surface area contributed by atoms with Gasteiger partial charge in [-0.05, 0) is 33.6 Å². The van der Waals surface area contributed by atoms with E-state index in [0.717, 1.165) is 18.5 Å². The smallest absolute Gasteiger partial charge is 0.255 e. The lowest BCUT2D eigenvalue weighted by molar-refractivity contribution is 0.0921. The molecule has 2 N–H and O–H groups in total. The van der Waals surface area contributed by atoms with Crippen molar-refractivity contribution in [2.75, 3.05) is 0 Å². The maximum atomic E-state index is 12.5. The summed E-state index contributed by atoms with van der Waals surface area (Å²) >= 11 is 0. The summed E-state index contributed by atoms with van der Waals surface area (Å²) in [6, 6.07) is 1.94. The van der Waals surface area contributed by atoms with Crippen molar-refractivity contribution in [3.05, 3.63) is 23.7 Å². The van der Waals surface area contributed by atoms with Crippen LogP contribution in [-0.2, 0) is 0 Å². The predicted octanol–water partition coefficient (Wildman–Crippen LogP) is 2.50. The Kier molecular flexibility index (Phi) is 3.36. The molecule has 2 aromatic heterocycles. The van der Waals surface area contributed by atoms with Gasteiger partial charge in [-0.3, -0.25) is 4.79 Å². The number of nitriles is 1. The fraction of sp³-hybridized carbons (Fsp3) is 0.500. The van der Waals surface area contributed by atoms with Crippen molar-refractivity contribution in [2.24, 2.45) is 5.41 Å². The quantitative estimate of drug-likeness (QED) is 0.906. The van der Waals surface area contributed by atoms with Gasteiger partial charge in [0.1, 0.15) is 5.52 Å². The highest BCUT2D eigenvalue weighted by Gasteiger charge is 2.29. The van der Waals surface area contributed by atoms with Gasteiger partial charge in [-0.15, -0.1) is 0 Å². The van der Waals surface area contributed by atoms with Gasteiger partial charge in [0.15, 0.2) is 5.65 Å². The summed E-state index contributed by atoms with van der Waals surface area (Å²) in [7, 11) is 0. The first kappa shape index (κ1) is 14.5. The standard InChI is InChI=1S/C16H19N5O/c1-9(16(2,3)8-17)20-15(22)11-6-18-14-13(11)21-12(7-19-14)10-4-5-10/h6-7,9-10H,4-5H2,1-3H3,(H,18,19)(H,20,22)/t9-/m1/s1. The number of hydrogen-bond acceptors (Lipinski definition) is 4. The molecule has 1 aliphatic carbocycles. The van der Waals surface area contributed by atoms with Crippen molar-refractivity contribution in [1.29, 1.82) is 5.26 Å². The molecule has 1 saturated carbocycles. The van der Waals surface area contributed by atoms with E-state index >= 15 is 0 Å². The number of fused-ring (bicyclic) bond motifs is 1. The largest absolute Gasteiger partial charge is 0.348 e. The number of aromatic amines is 1. The molecular weight excluding hydrogens is 278 g/mol. The van der Waals surface area contributed by atoms with Crippen LogP contribution in [0.2, 0.25) is 0 Å². The van der Waals surface area contributed by atoms with Crippen molar-refractivity contribution < 1.29 is 4.79 Å². The zero-order chi connectivity index (χ0) is 15.9. The SMILES string of the molecule is C[C@@H](NC(=O)c1c[nH]c2ncc(C3CC3)nc12)C(C)(C)C#N. The Morgan fingerprint density at radius 3 is 2.91 bits per heavy atom. The number of aromatic nitrogens is 3. The minimum absolute atomic E-state index is 0.232. The molecule has 2 aromatic rings. The number of hydrogen-bond donors (Lipinski definition) is 2. The molecule has 1 fully saturated rings. The second-order valence-corrected chi connectivity index (χ2v) is 6.50. The third-order valence-electron chi connectivity index (χ3n) is 4.36. The summed E-state index contributed by atoms with van der Waals surface area (Å²) in [6.45, 7) is 5.44. The van der Waals surface area contributed by atoms with Crippen LogP contribution < -0.4 is 5.32 Å². The average Bonchev–Trinajstić information content (AvgIpc) is 3.26. The number of carbonyl (C=O) groups is 1. The second kappa shape index (κ2) is 5.09. The van der Waals surface area contributed by atoms with Crippen LogP contribution in [0.3, 0.4) is 0 Å². The van der Waals surface area contributed by atoms with Crippen LogP contribution in [0.15, 0.2) is 12.4 Å². The van der Waals surface area contributed by atoms with Gasteiger partial charge in [0.25, 0.3) is 5.91 Å². The van der Waals surface area contributed by atoms with E-state index in [1.54, 1.807) is 26.2 Å². The topological polar surface area (TPSA) is 94.5 Å². The minimum atomic E-state index is -0.632. The van der Waals surface area contributed by atoms with Crippen molar-refractivity contribution in [3.8, 4) is 6.07 Å². The third-order valence-corrected chi connectivity index (χ3v) is 4.36. The van der Waals surface area contributed by atoms with E-state index in [0.29, 0.717) is 22.6 Å². The molecule has 1 aliphatic rings. The van der Waals surface area contributed by atoms with Crippen molar-refractivity contribution in [3.63, 3.8) is 0 Å². The monoisotopic (exact) mass is 297 g/mol. The van der Waals surface area contributed by atoms with Crippen LogP contribution in [0, 0.1) is 16.7 Å². The van der Waals surface area contributed by atoms with E-state index in [4.69, 9.17) is 5.26 Å². The Labute approximate surface area is 129 Å². The van der Waals surface area contributed by atoms with Crippen molar-refractivity contribution >= 4 is 17.1 Å². The van der Waals surface area contributed by atoms with Crippen molar-refractivity contribution in [2.45, 2.75) is 45.6 Å². The Bertz CT molecular complexity index is 766. The number of amides is 1. The van der Waals surface area contributed by atoms with Gasteiger partial charge < -0.3 is 10.3 Å². The molecule has 0 spiro atoms. The molecule has 1 amide bonds. The summed E-state index contributed by atoms with van der Waals surface area (Å²) in [4.78, 5) is 24.4. The van der Waals surface area contributed by atoms with Crippen molar-refractivity contribution in [1.82, 2.24) is 20.3 Å². The maximum absolute atomic E-state index is 12.5. The molecule has 2 heterocycles. The Balaban J connectivity index is 1.88.